The molecule has 0 aliphatic rings. The normalized spacial score (nSPS) is 10.1. The Morgan fingerprint density at radius 2 is 1.90 bits per heavy atom. The number of halogens is 1. The molecule has 0 atom stereocenters. The van der Waals surface area contributed by atoms with E-state index in [-0.39, 0.29) is 22.7 Å². The van der Waals surface area contributed by atoms with Crippen molar-refractivity contribution in [3.05, 3.63) is 62.6 Å². The van der Waals surface area contributed by atoms with Crippen molar-refractivity contribution in [3.63, 3.8) is 0 Å². The minimum atomic E-state index is -1.17. The summed E-state index contributed by atoms with van der Waals surface area (Å²) in [5, 5.41) is 20.0. The van der Waals surface area contributed by atoms with Crippen molar-refractivity contribution in [3.8, 4) is 11.5 Å². The summed E-state index contributed by atoms with van der Waals surface area (Å²) in [5.74, 6) is -1.14. The number of ether oxygens (including phenoxy) is 1. The van der Waals surface area contributed by atoms with Crippen LogP contribution in [0.3, 0.4) is 0 Å². The zero-order chi connectivity index (χ0) is 14.7. The van der Waals surface area contributed by atoms with Crippen LogP contribution in [0.1, 0.15) is 10.4 Å². The third kappa shape index (κ3) is 2.94. The highest BCUT2D eigenvalue weighted by Crippen LogP contribution is 2.34. The molecule has 0 aliphatic heterocycles. The number of nitrogens with zero attached hydrogens (tertiary/aromatic N) is 1. The minimum Gasteiger partial charge on any atom is -0.478 e. The first-order valence-corrected chi connectivity index (χ1v) is 6.22. The van der Waals surface area contributed by atoms with Crippen LogP contribution in [0, 0.1) is 10.1 Å². The van der Waals surface area contributed by atoms with Gasteiger partial charge < -0.3 is 9.84 Å². The molecular weight excluding hydrogens is 330 g/mol. The second-order valence-electron chi connectivity index (χ2n) is 3.77. The first-order chi connectivity index (χ1) is 9.49. The number of benzene rings is 2. The molecule has 0 amide bonds. The molecule has 0 bridgehead atoms. The van der Waals surface area contributed by atoms with E-state index < -0.39 is 10.9 Å². The van der Waals surface area contributed by atoms with E-state index in [0.29, 0.717) is 4.47 Å². The molecule has 0 fully saturated rings. The van der Waals surface area contributed by atoms with Gasteiger partial charge in [0.25, 0.3) is 0 Å². The lowest BCUT2D eigenvalue weighted by atomic mass is 10.2. The number of para-hydroxylation sites is 1. The maximum Gasteiger partial charge on any atom is 0.339 e. The summed E-state index contributed by atoms with van der Waals surface area (Å²) in [6.07, 6.45) is 0. The van der Waals surface area contributed by atoms with Gasteiger partial charge in [-0.05, 0) is 24.3 Å². The summed E-state index contributed by atoms with van der Waals surface area (Å²) in [4.78, 5) is 21.4. The van der Waals surface area contributed by atoms with Crippen molar-refractivity contribution in [2.45, 2.75) is 0 Å². The first kappa shape index (κ1) is 14.0. The van der Waals surface area contributed by atoms with Crippen molar-refractivity contribution in [1.82, 2.24) is 0 Å². The van der Waals surface area contributed by atoms with E-state index >= 15 is 0 Å². The van der Waals surface area contributed by atoms with Crippen molar-refractivity contribution in [2.75, 3.05) is 0 Å². The topological polar surface area (TPSA) is 89.7 Å². The second kappa shape index (κ2) is 5.70. The number of rotatable bonds is 4. The van der Waals surface area contributed by atoms with Crippen LogP contribution in [0.4, 0.5) is 5.69 Å². The molecule has 102 valence electrons. The van der Waals surface area contributed by atoms with Crippen LogP contribution in [0.25, 0.3) is 0 Å². The van der Waals surface area contributed by atoms with Gasteiger partial charge in [-0.15, -0.1) is 0 Å². The molecular formula is C13H8BrNO5. The molecule has 0 heterocycles. The summed E-state index contributed by atoms with van der Waals surface area (Å²) < 4.78 is 5.91. The van der Waals surface area contributed by atoms with E-state index in [0.717, 1.165) is 0 Å². The number of nitro benzene ring substituents is 1. The maximum atomic E-state index is 11.1. The van der Waals surface area contributed by atoms with Crippen molar-refractivity contribution in [2.24, 2.45) is 0 Å². The van der Waals surface area contributed by atoms with Crippen LogP contribution in [0.2, 0.25) is 0 Å². The Balaban J connectivity index is 2.45. The van der Waals surface area contributed by atoms with E-state index in [1.54, 1.807) is 18.2 Å². The smallest absolute Gasteiger partial charge is 0.339 e. The van der Waals surface area contributed by atoms with Gasteiger partial charge in [0, 0.05) is 10.5 Å². The van der Waals surface area contributed by atoms with E-state index in [4.69, 9.17) is 9.84 Å². The van der Waals surface area contributed by atoms with E-state index in [9.17, 15) is 14.9 Å². The zero-order valence-corrected chi connectivity index (χ0v) is 11.5. The average molecular weight is 338 g/mol. The largest absolute Gasteiger partial charge is 0.478 e. The Morgan fingerprint density at radius 3 is 2.55 bits per heavy atom. The Kier molecular flexibility index (Phi) is 3.99. The predicted molar refractivity (Wildman–Crippen MR) is 74.3 cm³/mol. The van der Waals surface area contributed by atoms with Gasteiger partial charge in [0.2, 0.25) is 5.75 Å². The Labute approximate surface area is 121 Å². The van der Waals surface area contributed by atoms with Gasteiger partial charge in [-0.3, -0.25) is 10.1 Å². The molecule has 2 aromatic rings. The number of hydrogen-bond donors (Lipinski definition) is 1. The van der Waals surface area contributed by atoms with Gasteiger partial charge >= 0.3 is 11.7 Å². The lowest BCUT2D eigenvalue weighted by molar-refractivity contribution is -0.385. The standard InChI is InChI=1S/C13H8BrNO5/c14-8-5-6-12(10(7-8)15(18)19)20-11-4-2-1-3-9(11)13(16)17/h1-7H,(H,16,17). The fourth-order valence-corrected chi connectivity index (χ4v) is 1.92. The van der Waals surface area contributed by atoms with Crippen molar-refractivity contribution < 1.29 is 19.6 Å². The van der Waals surface area contributed by atoms with Gasteiger partial charge in [-0.25, -0.2) is 4.79 Å². The molecule has 0 spiro atoms. The molecule has 0 aliphatic carbocycles. The Hall–Kier alpha value is -2.41. The molecule has 2 aromatic carbocycles. The van der Waals surface area contributed by atoms with Crippen LogP contribution in [-0.4, -0.2) is 16.0 Å². The number of carboxylic acids is 1. The molecule has 6 nitrogen and oxygen atoms in total. The molecule has 0 saturated carbocycles. The highest BCUT2D eigenvalue weighted by atomic mass is 79.9. The quantitative estimate of drug-likeness (QED) is 0.676. The summed E-state index contributed by atoms with van der Waals surface area (Å²) >= 11 is 3.13. The van der Waals surface area contributed by atoms with Crippen molar-refractivity contribution in [1.29, 1.82) is 0 Å². The van der Waals surface area contributed by atoms with Crippen LogP contribution < -0.4 is 4.74 Å². The minimum absolute atomic E-state index is 0.0214. The van der Waals surface area contributed by atoms with Crippen LogP contribution in [-0.2, 0) is 0 Å². The summed E-state index contributed by atoms with van der Waals surface area (Å²) in [5.41, 5.74) is -0.315. The van der Waals surface area contributed by atoms with Gasteiger partial charge in [-0.2, -0.15) is 0 Å². The summed E-state index contributed by atoms with van der Waals surface area (Å²) in [7, 11) is 0. The van der Waals surface area contributed by atoms with E-state index in [1.807, 2.05) is 0 Å². The van der Waals surface area contributed by atoms with Crippen molar-refractivity contribution >= 4 is 27.6 Å². The second-order valence-corrected chi connectivity index (χ2v) is 4.69. The highest BCUT2D eigenvalue weighted by molar-refractivity contribution is 9.10. The van der Waals surface area contributed by atoms with E-state index in [1.165, 1.54) is 24.3 Å². The number of carbonyl (C=O) groups is 1. The number of hydrogen-bond acceptors (Lipinski definition) is 4. The third-order valence-electron chi connectivity index (χ3n) is 2.46. The molecule has 0 aromatic heterocycles. The molecule has 1 N–H and O–H groups in total. The number of aromatic carboxylic acids is 1. The van der Waals surface area contributed by atoms with Gasteiger partial charge in [-0.1, -0.05) is 28.1 Å². The molecule has 7 heteroatoms. The monoisotopic (exact) mass is 337 g/mol. The van der Waals surface area contributed by atoms with Gasteiger partial charge in [0.1, 0.15) is 11.3 Å². The third-order valence-corrected chi connectivity index (χ3v) is 2.95. The fourth-order valence-electron chi connectivity index (χ4n) is 1.57. The molecule has 0 radical (unpaired) electrons. The SMILES string of the molecule is O=C(O)c1ccccc1Oc1ccc(Br)cc1[N+](=O)[O-]. The molecule has 0 saturated heterocycles. The Bertz CT molecular complexity index is 686. The maximum absolute atomic E-state index is 11.1. The van der Waals surface area contributed by atoms with Crippen LogP contribution in [0.15, 0.2) is 46.9 Å². The van der Waals surface area contributed by atoms with Gasteiger partial charge in [0.15, 0.2) is 0 Å². The van der Waals surface area contributed by atoms with E-state index in [2.05, 4.69) is 15.9 Å². The fraction of sp³-hybridized carbons (Fsp3) is 0. The Morgan fingerprint density at radius 1 is 1.20 bits per heavy atom. The molecule has 0 unspecified atom stereocenters. The first-order valence-electron chi connectivity index (χ1n) is 5.43. The van der Waals surface area contributed by atoms with Crippen LogP contribution in [0.5, 0.6) is 11.5 Å². The summed E-state index contributed by atoms with van der Waals surface area (Å²) in [6.45, 7) is 0. The molecule has 20 heavy (non-hydrogen) atoms. The predicted octanol–water partition coefficient (Wildman–Crippen LogP) is 3.85. The highest BCUT2D eigenvalue weighted by Gasteiger charge is 2.18. The zero-order valence-electron chi connectivity index (χ0n) is 9.95. The lowest BCUT2D eigenvalue weighted by Crippen LogP contribution is -2.00. The van der Waals surface area contributed by atoms with Crippen LogP contribution >= 0.6 is 15.9 Å². The summed E-state index contributed by atoms with van der Waals surface area (Å²) in [6, 6.07) is 10.2. The van der Waals surface area contributed by atoms with Gasteiger partial charge in [0.05, 0.1) is 4.92 Å². The number of nitro groups is 1. The molecule has 2 rings (SSSR count). The average Bonchev–Trinajstić information content (AvgIpc) is 2.41. The lowest BCUT2D eigenvalue weighted by Gasteiger charge is -2.08. The number of carboxylic acid groups (broad SMARTS) is 1.